The Balaban J connectivity index is 2.32. The van der Waals surface area contributed by atoms with Crippen LogP contribution in [0.2, 0.25) is 0 Å². The number of rotatable bonds is 2. The van der Waals surface area contributed by atoms with Crippen molar-refractivity contribution < 1.29 is 13.5 Å². The highest BCUT2D eigenvalue weighted by atomic mass is 19.1. The minimum atomic E-state index is -0.686. The predicted octanol–water partition coefficient (Wildman–Crippen LogP) is 3.29. The molecule has 106 valence electrons. The molecule has 2 heterocycles. The number of nitrogens with zero attached hydrogens (tertiary/aromatic N) is 3. The molecule has 0 saturated carbocycles. The highest BCUT2D eigenvalue weighted by Gasteiger charge is 2.14. The van der Waals surface area contributed by atoms with E-state index >= 15 is 0 Å². The van der Waals surface area contributed by atoms with Gasteiger partial charge in [0.25, 0.3) is 0 Å². The van der Waals surface area contributed by atoms with E-state index in [2.05, 4.69) is 15.0 Å². The minimum absolute atomic E-state index is 0.191. The zero-order chi connectivity index (χ0) is 15.0. The Kier molecular flexibility index (Phi) is 3.21. The number of pyridine rings is 1. The number of fused-ring (bicyclic) bond motifs is 1. The molecule has 6 heteroatoms. The van der Waals surface area contributed by atoms with Crippen LogP contribution in [0.15, 0.2) is 30.6 Å². The number of hydrogen-bond donors (Lipinski definition) is 0. The monoisotopic (exact) mass is 287 g/mol. The lowest BCUT2D eigenvalue weighted by Gasteiger charge is -2.09. The van der Waals surface area contributed by atoms with Gasteiger partial charge in [0.2, 0.25) is 0 Å². The van der Waals surface area contributed by atoms with Crippen molar-refractivity contribution in [2.45, 2.75) is 6.92 Å². The highest BCUT2D eigenvalue weighted by molar-refractivity contribution is 5.91. The van der Waals surface area contributed by atoms with Gasteiger partial charge in [-0.05, 0) is 25.1 Å². The van der Waals surface area contributed by atoms with E-state index in [0.717, 1.165) is 6.07 Å². The standard InChI is InChI=1S/C15H11F2N3O/c1-8-13(21-2)6-11-14(18-7-19-15(11)20-8)10-4-3-9(16)5-12(10)17/h3-7H,1-2H3. The van der Waals surface area contributed by atoms with Crippen molar-refractivity contribution in [3.63, 3.8) is 0 Å². The molecular formula is C15H11F2N3O. The second-order valence-electron chi connectivity index (χ2n) is 4.49. The van der Waals surface area contributed by atoms with Gasteiger partial charge in [-0.1, -0.05) is 0 Å². The van der Waals surface area contributed by atoms with Gasteiger partial charge in [-0.2, -0.15) is 0 Å². The van der Waals surface area contributed by atoms with Crippen LogP contribution in [0.4, 0.5) is 8.78 Å². The maximum Gasteiger partial charge on any atom is 0.163 e. The fourth-order valence-corrected chi connectivity index (χ4v) is 2.16. The van der Waals surface area contributed by atoms with Crippen LogP contribution in [0.25, 0.3) is 22.3 Å². The average Bonchev–Trinajstić information content (AvgIpc) is 2.46. The SMILES string of the molecule is COc1cc2c(-c3ccc(F)cc3F)ncnc2nc1C. The van der Waals surface area contributed by atoms with Crippen molar-refractivity contribution in [3.05, 3.63) is 47.9 Å². The van der Waals surface area contributed by atoms with E-state index in [1.807, 2.05) is 0 Å². The van der Waals surface area contributed by atoms with Crippen LogP contribution < -0.4 is 4.74 Å². The maximum absolute atomic E-state index is 14.0. The molecule has 0 saturated heterocycles. The molecule has 0 unspecified atom stereocenters. The van der Waals surface area contributed by atoms with Gasteiger partial charge >= 0.3 is 0 Å². The number of benzene rings is 1. The molecule has 0 aliphatic rings. The molecule has 0 bridgehead atoms. The molecule has 0 atom stereocenters. The largest absolute Gasteiger partial charge is 0.495 e. The van der Waals surface area contributed by atoms with Gasteiger partial charge in [0, 0.05) is 17.0 Å². The van der Waals surface area contributed by atoms with E-state index < -0.39 is 11.6 Å². The first kappa shape index (κ1) is 13.4. The van der Waals surface area contributed by atoms with Crippen LogP contribution in [-0.4, -0.2) is 22.1 Å². The van der Waals surface area contributed by atoms with Crippen molar-refractivity contribution in [1.29, 1.82) is 0 Å². The molecule has 0 amide bonds. The Hall–Kier alpha value is -2.63. The summed E-state index contributed by atoms with van der Waals surface area (Å²) in [6.45, 7) is 1.79. The van der Waals surface area contributed by atoms with E-state index in [1.54, 1.807) is 13.0 Å². The molecule has 0 fully saturated rings. The van der Waals surface area contributed by atoms with E-state index in [0.29, 0.717) is 28.2 Å². The maximum atomic E-state index is 14.0. The molecule has 4 nitrogen and oxygen atoms in total. The smallest absolute Gasteiger partial charge is 0.163 e. The normalized spacial score (nSPS) is 10.9. The Morgan fingerprint density at radius 1 is 1.10 bits per heavy atom. The fraction of sp³-hybridized carbons (Fsp3) is 0.133. The number of methoxy groups -OCH3 is 1. The van der Waals surface area contributed by atoms with E-state index in [9.17, 15) is 8.78 Å². The first-order valence-corrected chi connectivity index (χ1v) is 6.22. The summed E-state index contributed by atoms with van der Waals surface area (Å²) in [5.41, 5.74) is 1.65. The van der Waals surface area contributed by atoms with E-state index in [4.69, 9.17) is 4.74 Å². The lowest BCUT2D eigenvalue weighted by atomic mass is 10.1. The molecule has 3 rings (SSSR count). The predicted molar refractivity (Wildman–Crippen MR) is 74.0 cm³/mol. The Bertz CT molecular complexity index is 837. The van der Waals surface area contributed by atoms with Crippen LogP contribution in [0.1, 0.15) is 5.69 Å². The molecule has 2 aromatic heterocycles. The summed E-state index contributed by atoms with van der Waals surface area (Å²) in [6, 6.07) is 5.06. The van der Waals surface area contributed by atoms with Gasteiger partial charge in [0.15, 0.2) is 5.65 Å². The van der Waals surface area contributed by atoms with Gasteiger partial charge in [-0.15, -0.1) is 0 Å². The first-order chi connectivity index (χ1) is 10.1. The van der Waals surface area contributed by atoms with E-state index in [-0.39, 0.29) is 5.56 Å². The van der Waals surface area contributed by atoms with Crippen molar-refractivity contribution >= 4 is 11.0 Å². The summed E-state index contributed by atoms with van der Waals surface area (Å²) in [6.07, 6.45) is 1.30. The molecule has 1 aromatic carbocycles. The van der Waals surface area contributed by atoms with Gasteiger partial charge in [0.05, 0.1) is 18.5 Å². The molecule has 3 aromatic rings. The summed E-state index contributed by atoms with van der Waals surface area (Å²) in [4.78, 5) is 12.5. The second-order valence-corrected chi connectivity index (χ2v) is 4.49. The van der Waals surface area contributed by atoms with E-state index in [1.165, 1.54) is 25.6 Å². The lowest BCUT2D eigenvalue weighted by Crippen LogP contribution is -1.97. The summed E-state index contributed by atoms with van der Waals surface area (Å²) in [5.74, 6) is -0.767. The lowest BCUT2D eigenvalue weighted by molar-refractivity contribution is 0.410. The molecular weight excluding hydrogens is 276 g/mol. The van der Waals surface area contributed by atoms with Crippen molar-refractivity contribution in [2.24, 2.45) is 0 Å². The van der Waals surface area contributed by atoms with Crippen LogP contribution in [0.5, 0.6) is 5.75 Å². The van der Waals surface area contributed by atoms with Crippen LogP contribution in [0, 0.1) is 18.6 Å². The molecule has 0 aliphatic heterocycles. The minimum Gasteiger partial charge on any atom is -0.495 e. The number of ether oxygens (including phenoxy) is 1. The highest BCUT2D eigenvalue weighted by Crippen LogP contribution is 2.30. The van der Waals surface area contributed by atoms with Crippen molar-refractivity contribution in [1.82, 2.24) is 15.0 Å². The summed E-state index contributed by atoms with van der Waals surface area (Å²) < 4.78 is 32.2. The molecule has 21 heavy (non-hydrogen) atoms. The fourth-order valence-electron chi connectivity index (χ4n) is 2.16. The third-order valence-electron chi connectivity index (χ3n) is 3.17. The van der Waals surface area contributed by atoms with Gasteiger partial charge in [-0.3, -0.25) is 0 Å². The zero-order valence-corrected chi connectivity index (χ0v) is 11.4. The van der Waals surface area contributed by atoms with Crippen LogP contribution in [0.3, 0.4) is 0 Å². The number of aryl methyl sites for hydroxylation is 1. The average molecular weight is 287 g/mol. The van der Waals surface area contributed by atoms with Crippen molar-refractivity contribution in [3.8, 4) is 17.0 Å². The zero-order valence-electron chi connectivity index (χ0n) is 11.4. The summed E-state index contributed by atoms with van der Waals surface area (Å²) >= 11 is 0. The third-order valence-corrected chi connectivity index (χ3v) is 3.17. The summed E-state index contributed by atoms with van der Waals surface area (Å²) in [7, 11) is 1.53. The van der Waals surface area contributed by atoms with Gasteiger partial charge in [0.1, 0.15) is 23.7 Å². The number of halogens is 2. The number of hydrogen-bond acceptors (Lipinski definition) is 4. The van der Waals surface area contributed by atoms with Crippen LogP contribution >= 0.6 is 0 Å². The quantitative estimate of drug-likeness (QED) is 0.725. The van der Waals surface area contributed by atoms with Crippen LogP contribution in [-0.2, 0) is 0 Å². The topological polar surface area (TPSA) is 47.9 Å². The second kappa shape index (κ2) is 5.05. The molecule has 0 radical (unpaired) electrons. The van der Waals surface area contributed by atoms with Gasteiger partial charge < -0.3 is 4.74 Å². The Morgan fingerprint density at radius 3 is 2.62 bits per heavy atom. The van der Waals surface area contributed by atoms with Gasteiger partial charge in [-0.25, -0.2) is 23.7 Å². The Labute approximate surface area is 119 Å². The first-order valence-electron chi connectivity index (χ1n) is 6.22. The molecule has 0 aliphatic carbocycles. The molecule has 0 N–H and O–H groups in total. The summed E-state index contributed by atoms with van der Waals surface area (Å²) in [5, 5.41) is 0.547. The third kappa shape index (κ3) is 2.29. The number of aromatic nitrogens is 3. The molecule has 0 spiro atoms. The Morgan fingerprint density at radius 2 is 1.90 bits per heavy atom. The van der Waals surface area contributed by atoms with Crippen molar-refractivity contribution in [2.75, 3.05) is 7.11 Å².